The second-order valence-corrected chi connectivity index (χ2v) is 23.6. The van der Waals surface area contributed by atoms with Gasteiger partial charge in [0.15, 0.2) is 0 Å². The molecule has 13 amide bonds. The highest BCUT2D eigenvalue weighted by Crippen LogP contribution is 2.23. The van der Waals surface area contributed by atoms with Crippen LogP contribution in [0.2, 0.25) is 0 Å². The van der Waals surface area contributed by atoms with Crippen LogP contribution in [0.1, 0.15) is 97.5 Å². The normalized spacial score (nSPS) is 25.6. The monoisotopic (exact) mass is 1280 g/mol. The summed E-state index contributed by atoms with van der Waals surface area (Å²) in [6, 6.07) is -12.3. The van der Waals surface area contributed by atoms with E-state index in [1.807, 2.05) is 6.92 Å². The lowest BCUT2D eigenvalue weighted by molar-refractivity contribution is -0.141. The summed E-state index contributed by atoms with van der Waals surface area (Å²) in [5, 5.41) is 66.5. The Morgan fingerprint density at radius 3 is 1.59 bits per heavy atom. The van der Waals surface area contributed by atoms with Crippen LogP contribution in [0, 0.1) is 5.92 Å². The number of aromatic hydroxyl groups is 1. The van der Waals surface area contributed by atoms with Crippen LogP contribution >= 0.6 is 21.6 Å². The SMILES string of the molecule is CCCCC[C@@H]1NC(=O)CNC(=O)[C@H](C)NC(=O)[C@H](CCCN)NC(=O)[C@H](CO)NC(=O)[C@H](CO)NC(=O)[C@H](CC(C)C)NC(=O)[C@H](CC(N)=O)NC(=O)[C@H](Cc2ccc(O)cc2)NC(=O)[C@H](CCC(N)=O)NC(=O)[C@@H](N)CSSCC(C(=O)O)NC1=O. The topological polar surface area (TPSA) is 556 Å². The zero-order valence-corrected chi connectivity index (χ0v) is 51.0. The number of primary amides is 2. The lowest BCUT2D eigenvalue weighted by atomic mass is 10.0. The van der Waals surface area contributed by atoms with Crippen molar-refractivity contribution >= 4 is 104 Å². The highest BCUT2D eigenvalue weighted by molar-refractivity contribution is 8.76. The van der Waals surface area contributed by atoms with Crippen LogP contribution < -0.4 is 81.4 Å². The number of carbonyl (C=O) groups excluding carboxylic acids is 13. The first-order valence-electron chi connectivity index (χ1n) is 28.3. The lowest BCUT2D eigenvalue weighted by Crippen LogP contribution is -2.61. The number of carbonyl (C=O) groups is 14. The Kier molecular flexibility index (Phi) is 34.5. The molecular formula is C53H85N15O18S2. The Hall–Kier alpha value is -7.86. The first-order valence-corrected chi connectivity index (χ1v) is 30.8. The summed E-state index contributed by atoms with van der Waals surface area (Å²) in [6.45, 7) is 3.48. The summed E-state index contributed by atoms with van der Waals surface area (Å²) in [7, 11) is 1.79. The van der Waals surface area contributed by atoms with E-state index in [1.54, 1.807) is 13.8 Å². The maximum absolute atomic E-state index is 14.3. The lowest BCUT2D eigenvalue weighted by Gasteiger charge is -2.28. The maximum Gasteiger partial charge on any atom is 0.327 e. The molecule has 1 aliphatic rings. The minimum absolute atomic E-state index is 0.0226. The van der Waals surface area contributed by atoms with Gasteiger partial charge in [0.1, 0.15) is 66.2 Å². The predicted molar refractivity (Wildman–Crippen MR) is 319 cm³/mol. The number of phenols is 1. The van der Waals surface area contributed by atoms with E-state index in [1.165, 1.54) is 31.2 Å². The number of phenolic OH excluding ortho intramolecular Hbond substituents is 1. The van der Waals surface area contributed by atoms with Crippen LogP contribution in [0.15, 0.2) is 24.3 Å². The summed E-state index contributed by atoms with van der Waals surface area (Å²) >= 11 is 0. The second kappa shape index (κ2) is 39.8. The van der Waals surface area contributed by atoms with E-state index in [9.17, 15) is 87.5 Å². The third-order valence-electron chi connectivity index (χ3n) is 13.1. The molecule has 0 aromatic heterocycles. The van der Waals surface area contributed by atoms with Gasteiger partial charge in [0.25, 0.3) is 0 Å². The number of nitrogens with two attached hydrogens (primary N) is 4. The van der Waals surface area contributed by atoms with Crippen molar-refractivity contribution in [2.45, 2.75) is 165 Å². The van der Waals surface area contributed by atoms with E-state index in [0.29, 0.717) is 24.8 Å². The van der Waals surface area contributed by atoms with Gasteiger partial charge in [0, 0.05) is 24.3 Å². The van der Waals surface area contributed by atoms with E-state index in [-0.39, 0.29) is 55.9 Å². The summed E-state index contributed by atoms with van der Waals surface area (Å²) in [6.07, 6.45) is -0.598. The molecule has 1 unspecified atom stereocenters. The Morgan fingerprint density at radius 1 is 0.568 bits per heavy atom. The molecule has 23 N–H and O–H groups in total. The molecule has 1 saturated heterocycles. The zero-order valence-electron chi connectivity index (χ0n) is 49.4. The molecule has 1 aromatic carbocycles. The zero-order chi connectivity index (χ0) is 66.2. The molecule has 11 atom stereocenters. The number of carboxylic acid groups (broad SMARTS) is 1. The van der Waals surface area contributed by atoms with Gasteiger partial charge in [-0.1, -0.05) is 73.8 Å². The van der Waals surface area contributed by atoms with Gasteiger partial charge in [0.2, 0.25) is 76.8 Å². The minimum atomic E-state index is -1.88. The van der Waals surface area contributed by atoms with E-state index >= 15 is 0 Å². The number of aliphatic carboxylic acids is 1. The predicted octanol–water partition coefficient (Wildman–Crippen LogP) is -6.78. The molecule has 1 heterocycles. The number of hydrogen-bond acceptors (Lipinski definition) is 21. The van der Waals surface area contributed by atoms with E-state index in [2.05, 4.69) is 58.5 Å². The fourth-order valence-electron chi connectivity index (χ4n) is 8.21. The van der Waals surface area contributed by atoms with Gasteiger partial charge in [-0.3, -0.25) is 62.3 Å². The standard InChI is InChI=1S/C53H85N15O18S2/c1-5-6-7-9-31-46(78)68-39(53(85)86)25-88-87-24-30(55)44(76)61-33(15-16-40(56)72)47(79)64-35(19-28-11-13-29(71)14-12-28)49(81)65-36(20-41(57)73)50(82)63-34(18-26(2)3)48(80)66-38(23-70)52(84)67-37(22-69)51(83)62-32(10-8-17-54)45(77)59-27(4)43(75)58-21-42(74)60-31/h11-14,26-27,30-39,69-71H,5-10,15-25,54-55H2,1-4H3,(H2,56,72)(H2,57,73)(H,58,75)(H,59,77)(H,60,74)(H,61,76)(H,62,83)(H,63,82)(H,64,79)(H,65,81)(H,66,80)(H,67,84)(H,68,78)(H,85,86)/t27-,30-,31-,32-,33-,34-,35-,36-,37-,38-,39?/m0/s1. The molecule has 1 aromatic rings. The Bertz CT molecular complexity index is 2590. The van der Waals surface area contributed by atoms with Crippen molar-refractivity contribution in [3.8, 4) is 5.75 Å². The molecule has 492 valence electrons. The molecular weight excluding hydrogens is 1200 g/mol. The van der Waals surface area contributed by atoms with Crippen LogP contribution in [-0.2, 0) is 73.5 Å². The number of nitrogens with one attached hydrogen (secondary N) is 11. The number of benzene rings is 1. The van der Waals surface area contributed by atoms with Crippen LogP contribution in [-0.4, -0.2) is 207 Å². The van der Waals surface area contributed by atoms with Crippen molar-refractivity contribution in [2.75, 3.05) is 37.8 Å². The molecule has 35 heteroatoms. The molecule has 88 heavy (non-hydrogen) atoms. The first kappa shape index (κ1) is 76.2. The highest BCUT2D eigenvalue weighted by atomic mass is 33.1. The summed E-state index contributed by atoms with van der Waals surface area (Å²) in [5.41, 5.74) is 23.1. The molecule has 0 spiro atoms. The second-order valence-electron chi connectivity index (χ2n) is 21.0. The summed E-state index contributed by atoms with van der Waals surface area (Å²) in [5.74, 6) is -16.1. The number of aliphatic hydroxyl groups excluding tert-OH is 2. The van der Waals surface area contributed by atoms with E-state index in [4.69, 9.17) is 22.9 Å². The minimum Gasteiger partial charge on any atom is -0.508 e. The van der Waals surface area contributed by atoms with Gasteiger partial charge in [-0.2, -0.15) is 0 Å². The van der Waals surface area contributed by atoms with Gasteiger partial charge in [-0.05, 0) is 69.2 Å². The Labute approximate surface area is 515 Å². The van der Waals surface area contributed by atoms with Crippen molar-refractivity contribution < 1.29 is 87.5 Å². The number of unbranched alkanes of at least 4 members (excludes halogenated alkanes) is 2. The van der Waals surface area contributed by atoms with Crippen molar-refractivity contribution in [2.24, 2.45) is 28.9 Å². The Morgan fingerprint density at radius 2 is 1.03 bits per heavy atom. The number of aliphatic hydroxyl groups is 2. The van der Waals surface area contributed by atoms with Gasteiger partial charge in [-0.25, -0.2) is 4.79 Å². The van der Waals surface area contributed by atoms with E-state index in [0.717, 1.165) is 21.6 Å². The van der Waals surface area contributed by atoms with Gasteiger partial charge >= 0.3 is 5.97 Å². The molecule has 33 nitrogen and oxygen atoms in total. The van der Waals surface area contributed by atoms with Crippen molar-refractivity contribution in [1.29, 1.82) is 0 Å². The van der Waals surface area contributed by atoms with Gasteiger partial charge in [0.05, 0.1) is 32.2 Å². The van der Waals surface area contributed by atoms with Crippen LogP contribution in [0.5, 0.6) is 5.75 Å². The van der Waals surface area contributed by atoms with Crippen molar-refractivity contribution in [1.82, 2.24) is 58.5 Å². The fourth-order valence-corrected chi connectivity index (χ4v) is 10.5. The van der Waals surface area contributed by atoms with Crippen LogP contribution in [0.25, 0.3) is 0 Å². The molecule has 0 aliphatic carbocycles. The average Bonchev–Trinajstić information content (AvgIpc) is 2.32. The Balaban J connectivity index is 2.68. The quantitative estimate of drug-likeness (QED) is 0.0452. The van der Waals surface area contributed by atoms with Crippen LogP contribution in [0.3, 0.4) is 0 Å². The molecule has 0 bridgehead atoms. The molecule has 1 aliphatic heterocycles. The average molecular weight is 1280 g/mol. The van der Waals surface area contributed by atoms with Crippen molar-refractivity contribution in [3.63, 3.8) is 0 Å². The van der Waals surface area contributed by atoms with Gasteiger partial charge in [-0.15, -0.1) is 0 Å². The molecule has 0 radical (unpaired) electrons. The molecule has 1 fully saturated rings. The number of amides is 13. The van der Waals surface area contributed by atoms with E-state index < -0.39 is 194 Å². The van der Waals surface area contributed by atoms with Crippen molar-refractivity contribution in [3.05, 3.63) is 29.8 Å². The maximum atomic E-state index is 14.3. The molecule has 0 saturated carbocycles. The third-order valence-corrected chi connectivity index (χ3v) is 15.5. The van der Waals surface area contributed by atoms with Gasteiger partial charge < -0.3 is 102 Å². The number of rotatable bonds is 19. The van der Waals surface area contributed by atoms with Crippen LogP contribution in [0.4, 0.5) is 0 Å². The summed E-state index contributed by atoms with van der Waals surface area (Å²) < 4.78 is 0. The first-order chi connectivity index (χ1) is 41.5. The fraction of sp³-hybridized carbons (Fsp3) is 0.623. The highest BCUT2D eigenvalue weighted by Gasteiger charge is 2.36. The largest absolute Gasteiger partial charge is 0.508 e. The summed E-state index contributed by atoms with van der Waals surface area (Å²) in [4.78, 5) is 187. The number of hydrogen-bond donors (Lipinski definition) is 19. The third kappa shape index (κ3) is 28.3. The smallest absolute Gasteiger partial charge is 0.327 e. The number of carboxylic acids is 1. The molecule has 2 rings (SSSR count).